The van der Waals surface area contributed by atoms with Crippen molar-refractivity contribution >= 4 is 54.8 Å². The predicted octanol–water partition coefficient (Wildman–Crippen LogP) is 7.88. The molecule has 7 aromatic rings. The molecule has 1 N–H and O–H groups in total. The third-order valence-corrected chi connectivity index (χ3v) is 9.75. The lowest BCUT2D eigenvalue weighted by Crippen LogP contribution is -2.36. The van der Waals surface area contributed by atoms with Crippen LogP contribution >= 0.6 is 0 Å². The number of ether oxygens (including phenoxy) is 1. The maximum atomic E-state index is 11.7. The highest BCUT2D eigenvalue weighted by molar-refractivity contribution is 7.85. The minimum atomic E-state index is -4.12. The molecule has 242 valence electrons. The number of para-hydroxylation sites is 2. The number of hydrogen-bond donors (Lipinski definition) is 1. The number of rotatable bonds is 10. The number of fused-ring (bicyclic) bond motifs is 4. The van der Waals surface area contributed by atoms with E-state index in [-0.39, 0.29) is 12.2 Å². The van der Waals surface area contributed by atoms with E-state index in [1.54, 1.807) is 0 Å². The summed E-state index contributed by atoms with van der Waals surface area (Å²) in [4.78, 5) is 2.18. The molecule has 0 amide bonds. The van der Waals surface area contributed by atoms with E-state index in [4.69, 9.17) is 9.15 Å². The Bertz CT molecular complexity index is 2450. The van der Waals surface area contributed by atoms with Gasteiger partial charge < -0.3 is 23.2 Å². The Balaban J connectivity index is 1.21. The lowest BCUT2D eigenvalue weighted by Gasteiger charge is -2.18. The maximum absolute atomic E-state index is 11.7. The highest BCUT2D eigenvalue weighted by Crippen LogP contribution is 2.41. The van der Waals surface area contributed by atoms with Crippen LogP contribution in [0.3, 0.4) is 0 Å². The number of oxazole rings is 1. The monoisotopic (exact) mass is 659 g/mol. The molecule has 9 nitrogen and oxygen atoms in total. The SMILES string of the molecule is CCCCN1/C(=C/c2oc3ccc(-n4ccc5ccccc54)cc3[n+]2CCCS(=O)(=O)O)Oc2ccc(-n3ccc4ccccc43)cc21. The number of benzene rings is 4. The van der Waals surface area contributed by atoms with Gasteiger partial charge in [-0.15, -0.1) is 0 Å². The molecule has 8 rings (SSSR count). The van der Waals surface area contributed by atoms with Gasteiger partial charge in [-0.05, 0) is 71.8 Å². The van der Waals surface area contributed by atoms with Crippen LogP contribution in [-0.2, 0) is 16.7 Å². The van der Waals surface area contributed by atoms with Gasteiger partial charge in [-0.3, -0.25) is 4.55 Å². The number of unbranched alkanes of at least 4 members (excludes halogenated alkanes) is 1. The summed E-state index contributed by atoms with van der Waals surface area (Å²) in [6.07, 6.45) is 8.19. The minimum Gasteiger partial charge on any atom is -0.438 e. The first kappa shape index (κ1) is 30.0. The van der Waals surface area contributed by atoms with Crippen molar-refractivity contribution in [3.05, 3.63) is 121 Å². The van der Waals surface area contributed by atoms with E-state index in [0.29, 0.717) is 23.9 Å². The minimum absolute atomic E-state index is 0.208. The van der Waals surface area contributed by atoms with Crippen molar-refractivity contribution in [2.24, 2.45) is 0 Å². The average molecular weight is 660 g/mol. The van der Waals surface area contributed by atoms with E-state index < -0.39 is 10.1 Å². The summed E-state index contributed by atoms with van der Waals surface area (Å²) in [7, 11) is -4.12. The van der Waals surface area contributed by atoms with Gasteiger partial charge in [-0.2, -0.15) is 13.0 Å². The average Bonchev–Trinajstić information content (AvgIpc) is 3.86. The van der Waals surface area contributed by atoms with Gasteiger partial charge in [0.2, 0.25) is 11.5 Å². The zero-order chi connectivity index (χ0) is 32.8. The topological polar surface area (TPSA) is 93.7 Å². The van der Waals surface area contributed by atoms with Gasteiger partial charge in [0.1, 0.15) is 6.08 Å². The van der Waals surface area contributed by atoms with Crippen molar-refractivity contribution in [3.8, 4) is 17.1 Å². The Morgan fingerprint density at radius 3 is 2.17 bits per heavy atom. The van der Waals surface area contributed by atoms with Crippen LogP contribution in [0.25, 0.3) is 50.4 Å². The van der Waals surface area contributed by atoms with Crippen LogP contribution < -0.4 is 14.2 Å². The molecule has 0 atom stereocenters. The lowest BCUT2D eigenvalue weighted by molar-refractivity contribution is -0.677. The van der Waals surface area contributed by atoms with Crippen molar-refractivity contribution in [3.63, 3.8) is 0 Å². The first-order valence-corrected chi connectivity index (χ1v) is 17.8. The van der Waals surface area contributed by atoms with Crippen LogP contribution in [-0.4, -0.2) is 34.4 Å². The second-order valence-corrected chi connectivity index (χ2v) is 13.7. The van der Waals surface area contributed by atoms with Crippen molar-refractivity contribution < 1.29 is 26.7 Å². The fourth-order valence-corrected chi connectivity index (χ4v) is 7.09. The smallest absolute Gasteiger partial charge is 0.379 e. The Kier molecular flexibility index (Phi) is 7.54. The molecule has 0 saturated heterocycles. The van der Waals surface area contributed by atoms with E-state index in [1.165, 1.54) is 5.39 Å². The summed E-state index contributed by atoms with van der Waals surface area (Å²) in [5.41, 5.74) is 6.64. The van der Waals surface area contributed by atoms with Crippen LogP contribution in [0.4, 0.5) is 5.69 Å². The predicted molar refractivity (Wildman–Crippen MR) is 188 cm³/mol. The molecule has 0 bridgehead atoms. The Hall–Kier alpha value is -5.32. The second-order valence-electron chi connectivity index (χ2n) is 12.1. The number of anilines is 1. The normalized spacial score (nSPS) is 14.0. The van der Waals surface area contributed by atoms with Gasteiger partial charge in [-0.25, -0.2) is 0 Å². The fourth-order valence-electron chi connectivity index (χ4n) is 6.60. The van der Waals surface area contributed by atoms with E-state index in [1.807, 2.05) is 65.4 Å². The Morgan fingerprint density at radius 2 is 1.48 bits per heavy atom. The Morgan fingerprint density at radius 1 is 0.812 bits per heavy atom. The molecule has 4 aromatic carbocycles. The van der Waals surface area contributed by atoms with Gasteiger partial charge in [0, 0.05) is 37.1 Å². The maximum Gasteiger partial charge on any atom is 0.379 e. The summed E-state index contributed by atoms with van der Waals surface area (Å²) >= 11 is 0. The van der Waals surface area contributed by atoms with E-state index in [9.17, 15) is 13.0 Å². The molecule has 1 aliphatic heterocycles. The van der Waals surface area contributed by atoms with Crippen LogP contribution in [0.2, 0.25) is 0 Å². The molecule has 0 radical (unpaired) electrons. The van der Waals surface area contributed by atoms with Gasteiger partial charge >= 0.3 is 5.89 Å². The number of aryl methyl sites for hydroxylation is 1. The van der Waals surface area contributed by atoms with E-state index in [2.05, 4.69) is 75.7 Å². The quantitative estimate of drug-likeness (QED) is 0.119. The van der Waals surface area contributed by atoms with Crippen LogP contribution in [0.1, 0.15) is 32.1 Å². The highest BCUT2D eigenvalue weighted by Gasteiger charge is 2.31. The molecule has 48 heavy (non-hydrogen) atoms. The Labute approximate surface area is 278 Å². The molecule has 0 saturated carbocycles. The second kappa shape index (κ2) is 12.0. The van der Waals surface area contributed by atoms with Gasteiger partial charge in [0.05, 0.1) is 28.2 Å². The standard InChI is InChI=1S/C38H34N4O5S/c1-2-3-19-41-33-24-29(39-21-17-27-9-4-6-11-31(27)39)13-15-35(33)46-37(41)26-38-42(20-8-23-48(43,44)45)34-25-30(14-16-36(34)47-38)40-22-18-28-10-5-7-12-32(28)40/h4-7,9-18,21-22,24-26H,2-3,8,19-20,23H2,1H3/p+1. The lowest BCUT2D eigenvalue weighted by atomic mass is 10.2. The van der Waals surface area contributed by atoms with Crippen LogP contribution in [0.15, 0.2) is 120 Å². The van der Waals surface area contributed by atoms with Crippen LogP contribution in [0.5, 0.6) is 5.75 Å². The number of hydrogen-bond acceptors (Lipinski definition) is 5. The first-order chi connectivity index (χ1) is 23.4. The third kappa shape index (κ3) is 5.52. The van der Waals surface area contributed by atoms with Gasteiger partial charge in [0.25, 0.3) is 15.6 Å². The molecule has 0 fully saturated rings. The summed E-state index contributed by atoms with van der Waals surface area (Å²) in [6.45, 7) is 3.23. The largest absolute Gasteiger partial charge is 0.438 e. The molecule has 0 aliphatic carbocycles. The molecule has 3 aromatic heterocycles. The summed E-state index contributed by atoms with van der Waals surface area (Å²) in [5, 5.41) is 2.31. The third-order valence-electron chi connectivity index (χ3n) is 8.95. The van der Waals surface area contributed by atoms with Gasteiger partial charge in [0.15, 0.2) is 12.3 Å². The van der Waals surface area contributed by atoms with Crippen molar-refractivity contribution in [1.29, 1.82) is 0 Å². The number of nitrogens with zero attached hydrogens (tertiary/aromatic N) is 4. The van der Waals surface area contributed by atoms with Gasteiger partial charge in [-0.1, -0.05) is 49.7 Å². The molecule has 10 heteroatoms. The van der Waals surface area contributed by atoms with E-state index >= 15 is 0 Å². The zero-order valence-corrected chi connectivity index (χ0v) is 27.3. The highest BCUT2D eigenvalue weighted by atomic mass is 32.2. The zero-order valence-electron chi connectivity index (χ0n) is 26.5. The molecular formula is C38H35N4O5S+. The number of aromatic nitrogens is 3. The fraction of sp³-hybridized carbons (Fsp3) is 0.184. The summed E-state index contributed by atoms with van der Waals surface area (Å²) in [5.74, 6) is 1.56. The molecule has 1 aliphatic rings. The molecule has 0 spiro atoms. The van der Waals surface area contributed by atoms with Crippen LogP contribution in [0, 0.1) is 0 Å². The molecular weight excluding hydrogens is 625 g/mol. The van der Waals surface area contributed by atoms with Crippen molar-refractivity contribution in [2.75, 3.05) is 17.2 Å². The first-order valence-electron chi connectivity index (χ1n) is 16.2. The molecule has 0 unspecified atom stereocenters. The van der Waals surface area contributed by atoms with E-state index in [0.717, 1.165) is 64.1 Å². The van der Waals surface area contributed by atoms with Crippen molar-refractivity contribution in [2.45, 2.75) is 32.7 Å². The van der Waals surface area contributed by atoms with Crippen molar-refractivity contribution in [1.82, 2.24) is 9.13 Å². The summed E-state index contributed by atoms with van der Waals surface area (Å²) in [6, 6.07) is 32.9. The summed E-state index contributed by atoms with van der Waals surface area (Å²) < 4.78 is 52.0. The molecule has 4 heterocycles.